The molecular formula is C15H11NO6. The molecule has 112 valence electrons. The lowest BCUT2D eigenvalue weighted by Crippen LogP contribution is -2.99. The average molecular weight is 301 g/mol. The standard InChI is InChI=1S/C15H11NO6/c17-10-3-6-12-13(7-10)21-8-14(15(12)18)22-11-4-1-9(2-5-11)16(19)20/h1-8,16-17,19H. The first-order valence-corrected chi connectivity index (χ1v) is 6.30. The van der Waals surface area contributed by atoms with Crippen LogP contribution in [0.4, 0.5) is 5.69 Å². The highest BCUT2D eigenvalue weighted by Crippen LogP contribution is 2.23. The molecule has 0 bridgehead atoms. The Kier molecular flexibility index (Phi) is 3.51. The van der Waals surface area contributed by atoms with E-state index in [1.165, 1.54) is 42.5 Å². The van der Waals surface area contributed by atoms with Crippen molar-refractivity contribution in [2.75, 3.05) is 0 Å². The van der Waals surface area contributed by atoms with Crippen LogP contribution in [0, 0.1) is 5.21 Å². The zero-order chi connectivity index (χ0) is 15.7. The smallest absolute Gasteiger partial charge is 0.235 e. The van der Waals surface area contributed by atoms with Crippen molar-refractivity contribution in [3.63, 3.8) is 0 Å². The molecule has 0 aliphatic carbocycles. The number of quaternary nitrogens is 1. The van der Waals surface area contributed by atoms with E-state index >= 15 is 0 Å². The summed E-state index contributed by atoms with van der Waals surface area (Å²) in [5.41, 5.74) is -0.0180. The summed E-state index contributed by atoms with van der Waals surface area (Å²) in [6.45, 7) is 0. The molecule has 0 radical (unpaired) electrons. The molecule has 0 spiro atoms. The number of benzene rings is 2. The third kappa shape index (κ3) is 2.63. The maximum absolute atomic E-state index is 12.3. The normalized spacial score (nSPS) is 12.3. The van der Waals surface area contributed by atoms with Gasteiger partial charge < -0.3 is 19.5 Å². The molecule has 1 aromatic heterocycles. The molecule has 0 aliphatic heterocycles. The molecule has 0 fully saturated rings. The van der Waals surface area contributed by atoms with Crippen molar-refractivity contribution >= 4 is 16.7 Å². The number of hydrogen-bond donors (Lipinski definition) is 3. The Hall–Kier alpha value is -2.87. The van der Waals surface area contributed by atoms with Gasteiger partial charge in [0.25, 0.3) is 0 Å². The minimum absolute atomic E-state index is 0.00595. The van der Waals surface area contributed by atoms with E-state index in [-0.39, 0.29) is 33.6 Å². The summed E-state index contributed by atoms with van der Waals surface area (Å²) in [6.07, 6.45) is 1.15. The van der Waals surface area contributed by atoms with E-state index in [0.29, 0.717) is 5.75 Å². The van der Waals surface area contributed by atoms with Crippen molar-refractivity contribution in [3.8, 4) is 17.2 Å². The van der Waals surface area contributed by atoms with E-state index in [1.54, 1.807) is 0 Å². The van der Waals surface area contributed by atoms with Crippen LogP contribution in [-0.2, 0) is 0 Å². The molecule has 22 heavy (non-hydrogen) atoms. The molecular weight excluding hydrogens is 290 g/mol. The van der Waals surface area contributed by atoms with Crippen LogP contribution in [0.3, 0.4) is 0 Å². The Morgan fingerprint density at radius 2 is 1.86 bits per heavy atom. The molecule has 7 nitrogen and oxygen atoms in total. The largest absolute Gasteiger partial charge is 0.595 e. The minimum Gasteiger partial charge on any atom is -0.595 e. The molecule has 0 amide bonds. The van der Waals surface area contributed by atoms with Crippen LogP contribution in [0.15, 0.2) is 57.9 Å². The van der Waals surface area contributed by atoms with Crippen molar-refractivity contribution in [3.05, 3.63) is 64.2 Å². The Morgan fingerprint density at radius 3 is 2.55 bits per heavy atom. The first kappa shape index (κ1) is 14.1. The van der Waals surface area contributed by atoms with Crippen molar-refractivity contribution in [1.82, 2.24) is 0 Å². The van der Waals surface area contributed by atoms with Gasteiger partial charge in [0.2, 0.25) is 11.2 Å². The fourth-order valence-electron chi connectivity index (χ4n) is 1.96. The zero-order valence-electron chi connectivity index (χ0n) is 11.1. The topological polar surface area (TPSA) is 107 Å². The zero-order valence-corrected chi connectivity index (χ0v) is 11.1. The summed E-state index contributed by atoms with van der Waals surface area (Å²) in [5.74, 6) is 0.283. The molecule has 3 N–H and O–H groups in total. The predicted octanol–water partition coefficient (Wildman–Crippen LogP) is 1.69. The highest BCUT2D eigenvalue weighted by atomic mass is 16.8. The average Bonchev–Trinajstić information content (AvgIpc) is 2.50. The second-order valence-electron chi connectivity index (χ2n) is 4.54. The van der Waals surface area contributed by atoms with Gasteiger partial charge >= 0.3 is 0 Å². The van der Waals surface area contributed by atoms with E-state index in [0.717, 1.165) is 6.26 Å². The molecule has 1 unspecified atom stereocenters. The quantitative estimate of drug-likeness (QED) is 0.635. The number of aromatic hydroxyl groups is 1. The third-order valence-corrected chi connectivity index (χ3v) is 3.06. The van der Waals surface area contributed by atoms with Crippen molar-refractivity contribution in [2.45, 2.75) is 0 Å². The summed E-state index contributed by atoms with van der Waals surface area (Å²) < 4.78 is 10.7. The van der Waals surface area contributed by atoms with Crippen LogP contribution in [-0.4, -0.2) is 10.3 Å². The van der Waals surface area contributed by atoms with E-state index < -0.39 is 5.23 Å². The summed E-state index contributed by atoms with van der Waals surface area (Å²) in [4.78, 5) is 12.3. The number of fused-ring (bicyclic) bond motifs is 1. The van der Waals surface area contributed by atoms with Gasteiger partial charge in [0.05, 0.1) is 5.39 Å². The first-order chi connectivity index (χ1) is 10.5. The highest BCUT2D eigenvalue weighted by Gasteiger charge is 2.10. The van der Waals surface area contributed by atoms with Gasteiger partial charge in [-0.3, -0.25) is 4.79 Å². The SMILES string of the molecule is O=c1c(Oc2ccc([NH+]([O-])O)cc2)coc2cc(O)ccc12. The number of phenols is 1. The molecule has 0 saturated heterocycles. The van der Waals surface area contributed by atoms with Crippen LogP contribution in [0.25, 0.3) is 11.0 Å². The number of nitrogens with one attached hydrogen (secondary N) is 1. The van der Waals surface area contributed by atoms with Gasteiger partial charge in [0.15, 0.2) is 5.69 Å². The van der Waals surface area contributed by atoms with Gasteiger partial charge in [-0.05, 0) is 24.3 Å². The Bertz CT molecular complexity index is 869. The second kappa shape index (κ2) is 5.49. The van der Waals surface area contributed by atoms with Gasteiger partial charge in [0.1, 0.15) is 23.3 Å². The monoisotopic (exact) mass is 301 g/mol. The summed E-state index contributed by atoms with van der Waals surface area (Å²) >= 11 is 0. The molecule has 3 aromatic rings. The number of rotatable bonds is 3. The number of hydrogen-bond acceptors (Lipinski definition) is 6. The summed E-state index contributed by atoms with van der Waals surface area (Å²) in [6, 6.07) is 9.80. The first-order valence-electron chi connectivity index (χ1n) is 6.30. The van der Waals surface area contributed by atoms with Gasteiger partial charge in [-0.25, -0.2) is 5.21 Å². The third-order valence-electron chi connectivity index (χ3n) is 3.06. The van der Waals surface area contributed by atoms with Gasteiger partial charge in [-0.1, -0.05) is 0 Å². The Labute approximate surface area is 123 Å². The van der Waals surface area contributed by atoms with Gasteiger partial charge in [-0.2, -0.15) is 5.23 Å². The van der Waals surface area contributed by atoms with Crippen LogP contribution in [0.1, 0.15) is 0 Å². The lowest BCUT2D eigenvalue weighted by molar-refractivity contribution is -0.991. The summed E-state index contributed by atoms with van der Waals surface area (Å²) in [5, 5.41) is 28.2. The van der Waals surface area contributed by atoms with Gasteiger partial charge in [-0.15, -0.1) is 0 Å². The molecule has 1 atom stereocenters. The fourth-order valence-corrected chi connectivity index (χ4v) is 1.96. The van der Waals surface area contributed by atoms with E-state index in [9.17, 15) is 15.1 Å². The van der Waals surface area contributed by atoms with Crippen LogP contribution < -0.4 is 15.4 Å². The second-order valence-corrected chi connectivity index (χ2v) is 4.54. The van der Waals surface area contributed by atoms with Crippen LogP contribution in [0.5, 0.6) is 17.2 Å². The van der Waals surface area contributed by atoms with Crippen molar-refractivity contribution in [2.24, 2.45) is 0 Å². The number of ether oxygens (including phenoxy) is 1. The molecule has 1 heterocycles. The molecule has 7 heteroatoms. The Balaban J connectivity index is 1.95. The number of phenolic OH excluding ortho intramolecular Hbond substituents is 1. The van der Waals surface area contributed by atoms with E-state index in [1.807, 2.05) is 0 Å². The van der Waals surface area contributed by atoms with Crippen molar-refractivity contribution < 1.29 is 24.7 Å². The molecule has 3 rings (SSSR count). The van der Waals surface area contributed by atoms with E-state index in [2.05, 4.69) is 0 Å². The van der Waals surface area contributed by atoms with E-state index in [4.69, 9.17) is 14.4 Å². The predicted molar refractivity (Wildman–Crippen MR) is 76.4 cm³/mol. The molecule has 0 aliphatic rings. The van der Waals surface area contributed by atoms with Crippen LogP contribution in [0.2, 0.25) is 0 Å². The van der Waals surface area contributed by atoms with Gasteiger partial charge in [0, 0.05) is 18.2 Å². The maximum Gasteiger partial charge on any atom is 0.235 e. The molecule has 2 aromatic carbocycles. The lowest BCUT2D eigenvalue weighted by Gasteiger charge is -2.11. The maximum atomic E-state index is 12.3. The van der Waals surface area contributed by atoms with Crippen molar-refractivity contribution in [1.29, 1.82) is 0 Å². The van der Waals surface area contributed by atoms with Crippen LogP contribution >= 0.6 is 0 Å². The Morgan fingerprint density at radius 1 is 1.14 bits per heavy atom. The summed E-state index contributed by atoms with van der Waals surface area (Å²) in [7, 11) is 0. The molecule has 0 saturated carbocycles. The minimum atomic E-state index is -1.04. The fraction of sp³-hybridized carbons (Fsp3) is 0. The lowest BCUT2D eigenvalue weighted by atomic mass is 10.2. The highest BCUT2D eigenvalue weighted by molar-refractivity contribution is 5.78.